The summed E-state index contributed by atoms with van der Waals surface area (Å²) in [4.78, 5) is 34.3. The molecule has 20 heavy (non-hydrogen) atoms. The van der Waals surface area contributed by atoms with Crippen LogP contribution in [0.4, 0.5) is 0 Å². The number of aliphatic carboxylic acids is 1. The van der Waals surface area contributed by atoms with Crippen molar-refractivity contribution in [3.63, 3.8) is 0 Å². The zero-order valence-corrected chi connectivity index (χ0v) is 14.3. The fourth-order valence-electron chi connectivity index (χ4n) is 1.31. The van der Waals surface area contributed by atoms with Gasteiger partial charge in [0.25, 0.3) is 5.91 Å². The number of thiophene rings is 1. The monoisotopic (exact) mass is 427 g/mol. The minimum Gasteiger partial charge on any atom is -0.480 e. The molecule has 9 heteroatoms. The van der Waals surface area contributed by atoms with Crippen molar-refractivity contribution in [2.75, 3.05) is 7.11 Å². The van der Waals surface area contributed by atoms with Gasteiger partial charge < -0.3 is 15.2 Å². The van der Waals surface area contributed by atoms with Gasteiger partial charge >= 0.3 is 11.9 Å². The first-order chi connectivity index (χ1) is 9.35. The van der Waals surface area contributed by atoms with Crippen molar-refractivity contribution in [1.82, 2.24) is 5.32 Å². The van der Waals surface area contributed by atoms with Crippen molar-refractivity contribution < 1.29 is 24.2 Å². The number of rotatable bonds is 6. The van der Waals surface area contributed by atoms with Crippen molar-refractivity contribution in [3.8, 4) is 0 Å². The number of nitrogens with one attached hydrogen (secondary N) is 1. The smallest absolute Gasteiger partial charge is 0.326 e. The number of carbonyl (C=O) groups excluding carboxylic acids is 2. The number of esters is 1. The van der Waals surface area contributed by atoms with Crippen LogP contribution in [0.15, 0.2) is 14.3 Å². The predicted molar refractivity (Wildman–Crippen MR) is 79.9 cm³/mol. The van der Waals surface area contributed by atoms with Crippen LogP contribution in [0.25, 0.3) is 0 Å². The Balaban J connectivity index is 2.68. The average molecular weight is 429 g/mol. The number of hydrogen-bond donors (Lipinski definition) is 2. The first-order valence-corrected chi connectivity index (χ1v) is 7.80. The van der Waals surface area contributed by atoms with Gasteiger partial charge in [-0.15, -0.1) is 11.3 Å². The molecule has 0 fully saturated rings. The third kappa shape index (κ3) is 4.88. The summed E-state index contributed by atoms with van der Waals surface area (Å²) in [5.74, 6) is -2.22. The fraction of sp³-hybridized carbons (Fsp3) is 0.364. The molecular formula is C11H11Br2NO5S. The number of ether oxygens (including phenoxy) is 1. The maximum absolute atomic E-state index is 11.9. The summed E-state index contributed by atoms with van der Waals surface area (Å²) in [5.41, 5.74) is 0. The molecule has 1 atom stereocenters. The molecule has 110 valence electrons. The Bertz CT molecular complexity index is 511. The third-order valence-corrected chi connectivity index (χ3v) is 5.59. The minimum atomic E-state index is -1.20. The Morgan fingerprint density at radius 1 is 1.45 bits per heavy atom. The van der Waals surface area contributed by atoms with Crippen molar-refractivity contribution in [2.45, 2.75) is 18.9 Å². The van der Waals surface area contributed by atoms with Gasteiger partial charge in [0.2, 0.25) is 0 Å². The number of carboxylic acids is 1. The molecule has 2 N–H and O–H groups in total. The first-order valence-electron chi connectivity index (χ1n) is 5.40. The summed E-state index contributed by atoms with van der Waals surface area (Å²) in [7, 11) is 1.22. The van der Waals surface area contributed by atoms with Gasteiger partial charge in [-0.2, -0.15) is 0 Å². The molecular weight excluding hydrogens is 418 g/mol. The van der Waals surface area contributed by atoms with E-state index in [0.29, 0.717) is 9.35 Å². The van der Waals surface area contributed by atoms with Gasteiger partial charge in [-0.1, -0.05) is 0 Å². The Kier molecular flexibility index (Phi) is 6.63. The molecule has 0 aliphatic rings. The lowest BCUT2D eigenvalue weighted by molar-refractivity contribution is -0.142. The summed E-state index contributed by atoms with van der Waals surface area (Å²) in [6, 6.07) is 0.449. The summed E-state index contributed by atoms with van der Waals surface area (Å²) in [6.45, 7) is 0. The number of hydrogen-bond acceptors (Lipinski definition) is 5. The highest BCUT2D eigenvalue weighted by molar-refractivity contribution is 9.13. The molecule has 1 heterocycles. The first kappa shape index (κ1) is 17.1. The van der Waals surface area contributed by atoms with E-state index in [9.17, 15) is 14.4 Å². The quantitative estimate of drug-likeness (QED) is 0.678. The maximum atomic E-state index is 11.9. The second kappa shape index (κ2) is 7.75. The number of amides is 1. The van der Waals surface area contributed by atoms with Crippen molar-refractivity contribution in [2.24, 2.45) is 0 Å². The highest BCUT2D eigenvalue weighted by atomic mass is 79.9. The molecule has 0 saturated carbocycles. The molecule has 0 bridgehead atoms. The zero-order valence-electron chi connectivity index (χ0n) is 10.3. The van der Waals surface area contributed by atoms with Crippen molar-refractivity contribution in [3.05, 3.63) is 19.2 Å². The molecule has 0 aliphatic heterocycles. The van der Waals surface area contributed by atoms with Gasteiger partial charge in [-0.25, -0.2) is 4.79 Å². The van der Waals surface area contributed by atoms with Gasteiger partial charge in [0.15, 0.2) is 0 Å². The predicted octanol–water partition coefficient (Wildman–Crippen LogP) is 2.41. The second-order valence-electron chi connectivity index (χ2n) is 3.71. The molecule has 0 aliphatic carbocycles. The van der Waals surface area contributed by atoms with Crippen molar-refractivity contribution in [1.29, 1.82) is 0 Å². The van der Waals surface area contributed by atoms with E-state index in [1.54, 1.807) is 6.07 Å². The summed E-state index contributed by atoms with van der Waals surface area (Å²) in [6.07, 6.45) is -0.104. The Labute approximate surface area is 135 Å². The lowest BCUT2D eigenvalue weighted by atomic mass is 10.1. The van der Waals surface area contributed by atoms with Crippen LogP contribution in [0.5, 0.6) is 0 Å². The molecule has 1 aromatic rings. The lowest BCUT2D eigenvalue weighted by Gasteiger charge is -2.13. The molecule has 1 aromatic heterocycles. The highest BCUT2D eigenvalue weighted by Crippen LogP contribution is 2.32. The van der Waals surface area contributed by atoms with E-state index < -0.39 is 23.9 Å². The van der Waals surface area contributed by atoms with Crippen LogP contribution in [0.2, 0.25) is 0 Å². The molecule has 0 radical (unpaired) electrons. The molecule has 0 saturated heterocycles. The summed E-state index contributed by atoms with van der Waals surface area (Å²) in [5, 5.41) is 11.4. The largest absolute Gasteiger partial charge is 0.480 e. The summed E-state index contributed by atoms with van der Waals surface area (Å²) >= 11 is 7.68. The van der Waals surface area contributed by atoms with Gasteiger partial charge in [0.05, 0.1) is 15.8 Å². The van der Waals surface area contributed by atoms with Gasteiger partial charge in [0, 0.05) is 10.9 Å². The molecule has 1 unspecified atom stereocenters. The lowest BCUT2D eigenvalue weighted by Crippen LogP contribution is -2.40. The number of halogens is 2. The molecule has 6 nitrogen and oxygen atoms in total. The van der Waals surface area contributed by atoms with E-state index in [1.807, 2.05) is 0 Å². The van der Waals surface area contributed by atoms with E-state index in [1.165, 1.54) is 18.4 Å². The van der Waals surface area contributed by atoms with Crippen LogP contribution in [-0.4, -0.2) is 36.1 Å². The van der Waals surface area contributed by atoms with E-state index in [-0.39, 0.29) is 12.8 Å². The zero-order chi connectivity index (χ0) is 15.3. The molecule has 1 amide bonds. The standard InChI is InChI=1S/C11H11Br2NO5S/c1-19-8(15)3-2-6(11(17)18)14-10(16)7-4-5(12)9(13)20-7/h4,6H,2-3H2,1H3,(H,14,16)(H,17,18). The second-order valence-corrected chi connectivity index (χ2v) is 6.94. The maximum Gasteiger partial charge on any atom is 0.326 e. The van der Waals surface area contributed by atoms with Crippen LogP contribution in [0.3, 0.4) is 0 Å². The SMILES string of the molecule is COC(=O)CCC(NC(=O)c1cc(Br)c(Br)s1)C(=O)O. The molecule has 0 aromatic carbocycles. The van der Waals surface area contributed by atoms with Crippen LogP contribution in [0, 0.1) is 0 Å². The van der Waals surface area contributed by atoms with Crippen LogP contribution >= 0.6 is 43.2 Å². The number of methoxy groups -OCH3 is 1. The van der Waals surface area contributed by atoms with Gasteiger partial charge in [0.1, 0.15) is 6.04 Å². The molecule has 0 spiro atoms. The van der Waals surface area contributed by atoms with E-state index in [4.69, 9.17) is 5.11 Å². The van der Waals surface area contributed by atoms with Crippen LogP contribution < -0.4 is 5.32 Å². The minimum absolute atomic E-state index is 0.0263. The normalized spacial score (nSPS) is 11.8. The summed E-state index contributed by atoms with van der Waals surface area (Å²) < 4.78 is 5.89. The van der Waals surface area contributed by atoms with Gasteiger partial charge in [-0.05, 0) is 44.3 Å². The third-order valence-electron chi connectivity index (χ3n) is 2.34. The average Bonchev–Trinajstić information content (AvgIpc) is 2.73. The number of carboxylic acid groups (broad SMARTS) is 1. The fourth-order valence-corrected chi connectivity index (χ4v) is 3.25. The highest BCUT2D eigenvalue weighted by Gasteiger charge is 2.23. The molecule has 1 rings (SSSR count). The van der Waals surface area contributed by atoms with Gasteiger partial charge in [-0.3, -0.25) is 9.59 Å². The topological polar surface area (TPSA) is 92.7 Å². The Hall–Kier alpha value is -0.930. The van der Waals surface area contributed by atoms with Crippen LogP contribution in [-0.2, 0) is 14.3 Å². The Morgan fingerprint density at radius 3 is 2.55 bits per heavy atom. The van der Waals surface area contributed by atoms with E-state index >= 15 is 0 Å². The van der Waals surface area contributed by atoms with Crippen LogP contribution in [0.1, 0.15) is 22.5 Å². The van der Waals surface area contributed by atoms with E-state index in [0.717, 1.165) is 3.79 Å². The Morgan fingerprint density at radius 2 is 2.10 bits per heavy atom. The van der Waals surface area contributed by atoms with E-state index in [2.05, 4.69) is 41.9 Å². The van der Waals surface area contributed by atoms with Crippen molar-refractivity contribution >= 4 is 61.0 Å². The number of carbonyl (C=O) groups is 3.